The maximum atomic E-state index is 8.90. The number of benzene rings is 1. The van der Waals surface area contributed by atoms with Gasteiger partial charge in [0.2, 0.25) is 0 Å². The highest BCUT2D eigenvalue weighted by atomic mass is 15.1. The lowest BCUT2D eigenvalue weighted by Crippen LogP contribution is -1.93. The summed E-state index contributed by atoms with van der Waals surface area (Å²) in [6.45, 7) is 1.79. The van der Waals surface area contributed by atoms with Crippen molar-refractivity contribution in [1.29, 1.82) is 5.26 Å². The van der Waals surface area contributed by atoms with Crippen LogP contribution in [0.2, 0.25) is 0 Å². The van der Waals surface area contributed by atoms with Gasteiger partial charge < -0.3 is 0 Å². The number of nitrogens with zero attached hydrogens (tertiary/aromatic N) is 3. The molecule has 0 radical (unpaired) electrons. The average Bonchev–Trinajstić information content (AvgIpc) is 2.18. The Balaban J connectivity index is 2.94. The zero-order valence-corrected chi connectivity index (χ0v) is 7.15. The molecule has 13 heavy (non-hydrogen) atoms. The molecule has 0 N–H and O–H groups in total. The second-order valence-electron chi connectivity index (χ2n) is 2.79. The molecule has 0 aliphatic carbocycles. The summed E-state index contributed by atoms with van der Waals surface area (Å²) in [6.07, 6.45) is 0. The highest BCUT2D eigenvalue weighted by Crippen LogP contribution is 2.16. The van der Waals surface area contributed by atoms with E-state index in [1.54, 1.807) is 6.92 Å². The van der Waals surface area contributed by atoms with Gasteiger partial charge in [-0.05, 0) is 13.0 Å². The summed E-state index contributed by atoms with van der Waals surface area (Å²) in [5.74, 6) is 0. The molecule has 0 atom stereocenters. The molecule has 0 amide bonds. The Morgan fingerprint density at radius 3 is 2.77 bits per heavy atom. The van der Waals surface area contributed by atoms with Gasteiger partial charge in [-0.25, -0.2) is 0 Å². The van der Waals surface area contributed by atoms with Crippen LogP contribution in [0.3, 0.4) is 0 Å². The van der Waals surface area contributed by atoms with E-state index in [1.807, 2.05) is 24.3 Å². The highest BCUT2D eigenvalue weighted by molar-refractivity contribution is 5.84. The van der Waals surface area contributed by atoms with Crippen LogP contribution in [-0.4, -0.2) is 10.2 Å². The molecule has 1 aromatic heterocycles. The van der Waals surface area contributed by atoms with Crippen LogP contribution in [0.15, 0.2) is 24.3 Å². The molecule has 0 aliphatic heterocycles. The molecule has 0 bridgehead atoms. The van der Waals surface area contributed by atoms with Crippen LogP contribution in [0.5, 0.6) is 0 Å². The molecule has 0 saturated carbocycles. The molecule has 3 nitrogen and oxygen atoms in total. The van der Waals surface area contributed by atoms with Gasteiger partial charge in [0.05, 0.1) is 16.8 Å². The lowest BCUT2D eigenvalue weighted by atomic mass is 10.1. The van der Waals surface area contributed by atoms with Crippen molar-refractivity contribution >= 4 is 10.9 Å². The van der Waals surface area contributed by atoms with Crippen LogP contribution >= 0.6 is 0 Å². The molecule has 3 heteroatoms. The molecule has 0 unspecified atom stereocenters. The molecule has 1 aromatic carbocycles. The zero-order chi connectivity index (χ0) is 9.26. The lowest BCUT2D eigenvalue weighted by molar-refractivity contribution is 1.01. The Morgan fingerprint density at radius 2 is 2.00 bits per heavy atom. The third-order valence-electron chi connectivity index (χ3n) is 1.95. The van der Waals surface area contributed by atoms with Gasteiger partial charge in [0.25, 0.3) is 0 Å². The van der Waals surface area contributed by atoms with Crippen LogP contribution < -0.4 is 0 Å². The van der Waals surface area contributed by atoms with Crippen LogP contribution in [0.1, 0.15) is 11.3 Å². The van der Waals surface area contributed by atoms with Crippen molar-refractivity contribution in [2.24, 2.45) is 0 Å². The fourth-order valence-electron chi connectivity index (χ4n) is 1.29. The Hall–Kier alpha value is -1.95. The van der Waals surface area contributed by atoms with Gasteiger partial charge in [0.1, 0.15) is 6.07 Å². The quantitative estimate of drug-likeness (QED) is 0.604. The van der Waals surface area contributed by atoms with E-state index in [1.165, 1.54) is 0 Å². The summed E-state index contributed by atoms with van der Waals surface area (Å²) >= 11 is 0. The van der Waals surface area contributed by atoms with Crippen LogP contribution in [0.25, 0.3) is 10.9 Å². The summed E-state index contributed by atoms with van der Waals surface area (Å²) in [5.41, 5.74) is 2.07. The van der Waals surface area contributed by atoms with Crippen molar-refractivity contribution in [2.45, 2.75) is 6.92 Å². The van der Waals surface area contributed by atoms with Crippen LogP contribution in [-0.2, 0) is 0 Å². The van der Waals surface area contributed by atoms with Crippen molar-refractivity contribution in [1.82, 2.24) is 10.2 Å². The van der Waals surface area contributed by atoms with E-state index < -0.39 is 0 Å². The number of aromatic nitrogens is 2. The molecular weight excluding hydrogens is 162 g/mol. The number of hydrogen-bond donors (Lipinski definition) is 0. The smallest absolute Gasteiger partial charge is 0.102 e. The van der Waals surface area contributed by atoms with Crippen molar-refractivity contribution < 1.29 is 0 Å². The fourth-order valence-corrected chi connectivity index (χ4v) is 1.29. The van der Waals surface area contributed by atoms with E-state index in [0.29, 0.717) is 11.3 Å². The molecule has 0 spiro atoms. The fraction of sp³-hybridized carbons (Fsp3) is 0.100. The molecule has 62 valence electrons. The Morgan fingerprint density at radius 1 is 1.23 bits per heavy atom. The van der Waals surface area contributed by atoms with E-state index in [2.05, 4.69) is 16.3 Å². The lowest BCUT2D eigenvalue weighted by Gasteiger charge is -1.99. The van der Waals surface area contributed by atoms with Crippen molar-refractivity contribution in [3.05, 3.63) is 35.5 Å². The number of fused-ring (bicyclic) bond motifs is 1. The summed E-state index contributed by atoms with van der Waals surface area (Å²) < 4.78 is 0. The van der Waals surface area contributed by atoms with Crippen molar-refractivity contribution in [3.63, 3.8) is 0 Å². The van der Waals surface area contributed by atoms with E-state index >= 15 is 0 Å². The third kappa shape index (κ3) is 1.13. The van der Waals surface area contributed by atoms with Gasteiger partial charge in [-0.2, -0.15) is 15.5 Å². The minimum Gasteiger partial charge on any atom is -0.192 e. The second-order valence-corrected chi connectivity index (χ2v) is 2.79. The number of rotatable bonds is 0. The van der Waals surface area contributed by atoms with Gasteiger partial charge >= 0.3 is 0 Å². The van der Waals surface area contributed by atoms with Crippen LogP contribution in [0.4, 0.5) is 0 Å². The average molecular weight is 169 g/mol. The van der Waals surface area contributed by atoms with Crippen molar-refractivity contribution in [2.75, 3.05) is 0 Å². The predicted molar refractivity (Wildman–Crippen MR) is 49.0 cm³/mol. The molecule has 0 saturated heterocycles. The number of nitriles is 1. The van der Waals surface area contributed by atoms with Gasteiger partial charge in [0, 0.05) is 5.39 Å². The summed E-state index contributed by atoms with van der Waals surface area (Å²) in [6, 6.07) is 9.65. The normalized spacial score (nSPS) is 9.85. The molecule has 0 fully saturated rings. The minimum absolute atomic E-state index is 0.616. The molecule has 0 aliphatic rings. The Bertz CT molecular complexity index is 497. The van der Waals surface area contributed by atoms with E-state index in [9.17, 15) is 0 Å². The minimum atomic E-state index is 0.616. The van der Waals surface area contributed by atoms with Crippen molar-refractivity contribution in [3.8, 4) is 6.07 Å². The largest absolute Gasteiger partial charge is 0.192 e. The molecule has 2 aromatic rings. The van der Waals surface area contributed by atoms with E-state index in [0.717, 1.165) is 10.9 Å². The number of hydrogen-bond acceptors (Lipinski definition) is 3. The SMILES string of the molecule is Cc1nnc2ccccc2c1C#N. The van der Waals surface area contributed by atoms with E-state index in [4.69, 9.17) is 5.26 Å². The topological polar surface area (TPSA) is 49.6 Å². The van der Waals surface area contributed by atoms with Gasteiger partial charge in [-0.15, -0.1) is 0 Å². The van der Waals surface area contributed by atoms with E-state index in [-0.39, 0.29) is 0 Å². The summed E-state index contributed by atoms with van der Waals surface area (Å²) in [5, 5.41) is 17.7. The Labute approximate surface area is 75.6 Å². The number of aryl methyl sites for hydroxylation is 1. The maximum Gasteiger partial charge on any atom is 0.102 e. The van der Waals surface area contributed by atoms with Gasteiger partial charge in [0.15, 0.2) is 0 Å². The van der Waals surface area contributed by atoms with Crippen LogP contribution in [0, 0.1) is 18.3 Å². The monoisotopic (exact) mass is 169 g/mol. The first-order valence-electron chi connectivity index (χ1n) is 3.95. The zero-order valence-electron chi connectivity index (χ0n) is 7.15. The first-order chi connectivity index (χ1) is 6.33. The third-order valence-corrected chi connectivity index (χ3v) is 1.95. The maximum absolute atomic E-state index is 8.90. The second kappa shape index (κ2) is 2.83. The standard InChI is InChI=1S/C10H7N3/c1-7-9(6-11)8-4-2-3-5-10(8)13-12-7/h2-5H,1H3. The predicted octanol–water partition coefficient (Wildman–Crippen LogP) is 1.81. The highest BCUT2D eigenvalue weighted by Gasteiger charge is 2.04. The molecular formula is C10H7N3. The molecule has 2 rings (SSSR count). The molecule has 1 heterocycles. The van der Waals surface area contributed by atoms with Gasteiger partial charge in [-0.1, -0.05) is 18.2 Å². The van der Waals surface area contributed by atoms with Gasteiger partial charge in [-0.3, -0.25) is 0 Å². The summed E-state index contributed by atoms with van der Waals surface area (Å²) in [4.78, 5) is 0. The Kier molecular flexibility index (Phi) is 1.67. The summed E-state index contributed by atoms with van der Waals surface area (Å²) in [7, 11) is 0. The first-order valence-corrected chi connectivity index (χ1v) is 3.95. The first kappa shape index (κ1) is 7.69.